The molecular weight excluding hydrogens is 322 g/mol. The lowest BCUT2D eigenvalue weighted by molar-refractivity contribution is -0.134. The molecule has 1 aliphatic rings. The Labute approximate surface area is 147 Å². The predicted octanol–water partition coefficient (Wildman–Crippen LogP) is 1.14. The molecule has 25 heavy (non-hydrogen) atoms. The highest BCUT2D eigenvalue weighted by atomic mass is 16.2. The van der Waals surface area contributed by atoms with Crippen LogP contribution in [0.5, 0.6) is 0 Å². The molecule has 1 aromatic heterocycles. The Morgan fingerprint density at radius 3 is 2.60 bits per heavy atom. The third-order valence-electron chi connectivity index (χ3n) is 4.58. The maximum absolute atomic E-state index is 12.2. The topological polar surface area (TPSA) is 96.3 Å². The van der Waals surface area contributed by atoms with Gasteiger partial charge in [0.15, 0.2) is 0 Å². The SMILES string of the molecule is CNC(=O)Cn1cc(NC(=O)CCC(=O)N(C)C2CCCCC2)cn1. The molecule has 0 aliphatic heterocycles. The molecule has 1 aromatic rings. The molecule has 0 unspecified atom stereocenters. The Bertz CT molecular complexity index is 607. The second kappa shape index (κ2) is 9.19. The molecule has 1 saturated carbocycles. The van der Waals surface area contributed by atoms with Gasteiger partial charge in [-0.25, -0.2) is 0 Å². The van der Waals surface area contributed by atoms with Crippen LogP contribution in [0.2, 0.25) is 0 Å². The number of nitrogens with one attached hydrogen (secondary N) is 2. The first kappa shape index (κ1) is 19.0. The van der Waals surface area contributed by atoms with Gasteiger partial charge in [0.25, 0.3) is 0 Å². The van der Waals surface area contributed by atoms with E-state index in [1.807, 2.05) is 7.05 Å². The van der Waals surface area contributed by atoms with Crippen LogP contribution in [-0.2, 0) is 20.9 Å². The van der Waals surface area contributed by atoms with Crippen LogP contribution < -0.4 is 10.6 Å². The first-order chi connectivity index (χ1) is 12.0. The zero-order chi connectivity index (χ0) is 18.2. The zero-order valence-corrected chi connectivity index (χ0v) is 15.0. The Morgan fingerprint density at radius 1 is 1.20 bits per heavy atom. The van der Waals surface area contributed by atoms with E-state index in [0.29, 0.717) is 11.7 Å². The van der Waals surface area contributed by atoms with Gasteiger partial charge < -0.3 is 15.5 Å². The quantitative estimate of drug-likeness (QED) is 0.771. The number of hydrogen-bond donors (Lipinski definition) is 2. The molecule has 1 fully saturated rings. The fourth-order valence-corrected chi connectivity index (χ4v) is 3.03. The number of carbonyl (C=O) groups excluding carboxylic acids is 3. The van der Waals surface area contributed by atoms with Crippen molar-refractivity contribution in [3.63, 3.8) is 0 Å². The number of amides is 3. The van der Waals surface area contributed by atoms with Gasteiger partial charge in [0.05, 0.1) is 11.9 Å². The van der Waals surface area contributed by atoms with Crippen LogP contribution in [-0.4, -0.2) is 52.5 Å². The molecule has 1 aliphatic carbocycles. The molecule has 1 heterocycles. The Kier molecular flexibility index (Phi) is 6.97. The van der Waals surface area contributed by atoms with E-state index >= 15 is 0 Å². The molecule has 0 radical (unpaired) electrons. The number of anilines is 1. The summed E-state index contributed by atoms with van der Waals surface area (Å²) in [5.74, 6) is -0.389. The molecule has 0 saturated heterocycles. The molecule has 138 valence electrons. The summed E-state index contributed by atoms with van der Waals surface area (Å²) in [4.78, 5) is 37.3. The van der Waals surface area contributed by atoms with Gasteiger partial charge in [0.2, 0.25) is 17.7 Å². The molecule has 3 amide bonds. The standard InChI is InChI=1S/C17H27N5O3/c1-18-16(24)12-22-11-13(10-19-22)20-15(23)8-9-17(25)21(2)14-6-4-3-5-7-14/h10-11,14H,3-9,12H2,1-2H3,(H,18,24)(H,20,23). The summed E-state index contributed by atoms with van der Waals surface area (Å²) in [6.07, 6.45) is 9.10. The minimum atomic E-state index is -0.232. The molecule has 8 nitrogen and oxygen atoms in total. The lowest BCUT2D eigenvalue weighted by Gasteiger charge is -2.31. The van der Waals surface area contributed by atoms with Crippen molar-refractivity contribution in [1.82, 2.24) is 20.0 Å². The van der Waals surface area contributed by atoms with Crippen LogP contribution in [0.1, 0.15) is 44.9 Å². The third-order valence-corrected chi connectivity index (χ3v) is 4.58. The Hall–Kier alpha value is -2.38. The van der Waals surface area contributed by atoms with Gasteiger partial charge in [-0.1, -0.05) is 19.3 Å². The van der Waals surface area contributed by atoms with E-state index in [9.17, 15) is 14.4 Å². The van der Waals surface area contributed by atoms with Crippen molar-refractivity contribution in [3.05, 3.63) is 12.4 Å². The van der Waals surface area contributed by atoms with E-state index in [1.54, 1.807) is 18.1 Å². The van der Waals surface area contributed by atoms with Crippen LogP contribution in [0.25, 0.3) is 0 Å². The smallest absolute Gasteiger partial charge is 0.241 e. The summed E-state index contributed by atoms with van der Waals surface area (Å²) < 4.78 is 1.44. The van der Waals surface area contributed by atoms with E-state index < -0.39 is 0 Å². The lowest BCUT2D eigenvalue weighted by atomic mass is 9.94. The lowest BCUT2D eigenvalue weighted by Crippen LogP contribution is -2.38. The highest BCUT2D eigenvalue weighted by molar-refractivity contribution is 5.93. The van der Waals surface area contributed by atoms with Crippen LogP contribution >= 0.6 is 0 Å². The monoisotopic (exact) mass is 349 g/mol. The molecule has 2 rings (SSSR count). The normalized spacial score (nSPS) is 14.8. The first-order valence-electron chi connectivity index (χ1n) is 8.78. The van der Waals surface area contributed by atoms with E-state index in [2.05, 4.69) is 15.7 Å². The molecule has 8 heteroatoms. The van der Waals surface area contributed by atoms with Crippen LogP contribution in [0.15, 0.2) is 12.4 Å². The van der Waals surface area contributed by atoms with E-state index in [1.165, 1.54) is 30.1 Å². The molecular formula is C17H27N5O3. The minimum absolute atomic E-state index is 0.0114. The number of likely N-dealkylation sites (N-methyl/N-ethyl adjacent to an activating group) is 1. The minimum Gasteiger partial charge on any atom is -0.358 e. The van der Waals surface area contributed by atoms with Gasteiger partial charge in [-0.2, -0.15) is 5.10 Å². The number of aromatic nitrogens is 2. The van der Waals surface area contributed by atoms with Crippen molar-refractivity contribution in [1.29, 1.82) is 0 Å². The van der Waals surface area contributed by atoms with E-state index in [-0.39, 0.29) is 37.1 Å². The Balaban J connectivity index is 1.74. The highest BCUT2D eigenvalue weighted by Crippen LogP contribution is 2.22. The fraction of sp³-hybridized carbons (Fsp3) is 0.647. The largest absolute Gasteiger partial charge is 0.358 e. The average Bonchev–Trinajstić information content (AvgIpc) is 3.06. The van der Waals surface area contributed by atoms with Gasteiger partial charge in [0.1, 0.15) is 6.54 Å². The highest BCUT2D eigenvalue weighted by Gasteiger charge is 2.22. The van der Waals surface area contributed by atoms with Gasteiger partial charge in [-0.05, 0) is 12.8 Å². The van der Waals surface area contributed by atoms with Gasteiger partial charge in [0, 0.05) is 39.2 Å². The predicted molar refractivity (Wildman–Crippen MR) is 93.8 cm³/mol. The van der Waals surface area contributed by atoms with Crippen molar-refractivity contribution < 1.29 is 14.4 Å². The van der Waals surface area contributed by atoms with Crippen LogP contribution in [0.3, 0.4) is 0 Å². The number of nitrogens with zero attached hydrogens (tertiary/aromatic N) is 3. The summed E-state index contributed by atoms with van der Waals surface area (Å²) in [5, 5.41) is 9.21. The van der Waals surface area contributed by atoms with Crippen molar-refractivity contribution in [2.75, 3.05) is 19.4 Å². The van der Waals surface area contributed by atoms with Crippen molar-refractivity contribution in [3.8, 4) is 0 Å². The van der Waals surface area contributed by atoms with Crippen molar-refractivity contribution in [2.24, 2.45) is 0 Å². The Morgan fingerprint density at radius 2 is 1.92 bits per heavy atom. The third kappa shape index (κ3) is 5.88. The van der Waals surface area contributed by atoms with Crippen LogP contribution in [0, 0.1) is 0 Å². The average molecular weight is 349 g/mol. The number of carbonyl (C=O) groups is 3. The summed E-state index contributed by atoms with van der Waals surface area (Å²) in [6, 6.07) is 0.312. The number of rotatable bonds is 7. The molecule has 0 aromatic carbocycles. The maximum Gasteiger partial charge on any atom is 0.241 e. The maximum atomic E-state index is 12.2. The molecule has 0 spiro atoms. The molecule has 0 atom stereocenters. The van der Waals surface area contributed by atoms with Crippen molar-refractivity contribution in [2.45, 2.75) is 57.5 Å². The summed E-state index contributed by atoms with van der Waals surface area (Å²) in [5.41, 5.74) is 0.516. The summed E-state index contributed by atoms with van der Waals surface area (Å²) >= 11 is 0. The molecule has 0 bridgehead atoms. The fourth-order valence-electron chi connectivity index (χ4n) is 3.03. The second-order valence-electron chi connectivity index (χ2n) is 6.44. The van der Waals surface area contributed by atoms with E-state index in [0.717, 1.165) is 12.8 Å². The van der Waals surface area contributed by atoms with Crippen molar-refractivity contribution >= 4 is 23.4 Å². The van der Waals surface area contributed by atoms with Crippen LogP contribution in [0.4, 0.5) is 5.69 Å². The number of hydrogen-bond acceptors (Lipinski definition) is 4. The van der Waals surface area contributed by atoms with Gasteiger partial charge in [-0.15, -0.1) is 0 Å². The molecule has 2 N–H and O–H groups in total. The summed E-state index contributed by atoms with van der Waals surface area (Å²) in [6.45, 7) is 0.0943. The first-order valence-corrected chi connectivity index (χ1v) is 8.78. The summed E-state index contributed by atoms with van der Waals surface area (Å²) in [7, 11) is 3.38. The van der Waals surface area contributed by atoms with E-state index in [4.69, 9.17) is 0 Å². The van der Waals surface area contributed by atoms with Gasteiger partial charge in [-0.3, -0.25) is 19.1 Å². The second-order valence-corrected chi connectivity index (χ2v) is 6.44. The zero-order valence-electron chi connectivity index (χ0n) is 15.0. The van der Waals surface area contributed by atoms with Gasteiger partial charge >= 0.3 is 0 Å².